The van der Waals surface area contributed by atoms with Gasteiger partial charge in [0.15, 0.2) is 5.96 Å². The Morgan fingerprint density at radius 1 is 1.59 bits per heavy atom. The Hall–Kier alpha value is -0.310. The summed E-state index contributed by atoms with van der Waals surface area (Å²) in [5.41, 5.74) is 5.68. The maximum absolute atomic E-state index is 5.73. The fourth-order valence-corrected chi connectivity index (χ4v) is 1.49. The number of nitrogens with two attached hydrogens (primary N) is 1. The van der Waals surface area contributed by atoms with E-state index in [1.807, 2.05) is 31.6 Å². The molecule has 0 radical (unpaired) electrons. The highest BCUT2D eigenvalue weighted by atomic mass is 127. The first-order chi connectivity index (χ1) is 7.37. The first-order valence-corrected chi connectivity index (χ1v) is 5.92. The predicted octanol–water partition coefficient (Wildman–Crippen LogP) is 1.97. The minimum atomic E-state index is -0.0533. The zero-order valence-corrected chi connectivity index (χ0v) is 14.2. The van der Waals surface area contributed by atoms with Crippen molar-refractivity contribution in [1.29, 1.82) is 0 Å². The molecule has 0 amide bonds. The van der Waals surface area contributed by atoms with Crippen LogP contribution >= 0.6 is 39.9 Å². The summed E-state index contributed by atoms with van der Waals surface area (Å²) in [5, 5.41) is 7.23. The van der Waals surface area contributed by atoms with Crippen LogP contribution in [0, 0.1) is 0 Å². The molecule has 3 N–H and O–H groups in total. The third kappa shape index (κ3) is 7.58. The third-order valence-corrected chi connectivity index (χ3v) is 2.13. The topological polar surface area (TPSA) is 68.2 Å². The molecule has 1 aromatic heterocycles. The number of rotatable bonds is 3. The Morgan fingerprint density at radius 3 is 2.71 bits per heavy atom. The van der Waals surface area contributed by atoms with Crippen molar-refractivity contribution in [3.63, 3.8) is 0 Å². The van der Waals surface area contributed by atoms with Gasteiger partial charge in [-0.15, -0.1) is 24.0 Å². The number of hydrogen-bond donors (Lipinski definition) is 2. The number of guanidine groups is 1. The minimum absolute atomic E-state index is 0. The van der Waals surface area contributed by atoms with Crippen LogP contribution in [0.25, 0.3) is 0 Å². The second-order valence-electron chi connectivity index (χ2n) is 4.56. The highest BCUT2D eigenvalue weighted by Gasteiger charge is 2.09. The molecule has 0 unspecified atom stereocenters. The van der Waals surface area contributed by atoms with E-state index in [9.17, 15) is 0 Å². The van der Waals surface area contributed by atoms with Crippen LogP contribution in [0.3, 0.4) is 0 Å². The molecule has 5 nitrogen and oxygen atoms in total. The van der Waals surface area contributed by atoms with E-state index in [0.717, 1.165) is 11.0 Å². The van der Waals surface area contributed by atoms with Crippen molar-refractivity contribution in [1.82, 2.24) is 15.1 Å². The molecule has 0 fully saturated rings. The summed E-state index contributed by atoms with van der Waals surface area (Å²) in [6.07, 6.45) is 3.66. The SMILES string of the molecule is CC(C)(C)NC(N)=NCCn1cc(Br)cn1.I. The Bertz CT molecular complexity index is 369. The van der Waals surface area contributed by atoms with Crippen molar-refractivity contribution in [3.05, 3.63) is 16.9 Å². The molecule has 7 heteroatoms. The van der Waals surface area contributed by atoms with Crippen LogP contribution in [0.5, 0.6) is 0 Å². The molecule has 0 saturated carbocycles. The molecule has 0 bridgehead atoms. The number of aliphatic imine (C=N–C) groups is 1. The van der Waals surface area contributed by atoms with Gasteiger partial charge in [0, 0.05) is 11.7 Å². The fourth-order valence-electron chi connectivity index (χ4n) is 1.16. The number of nitrogens with one attached hydrogen (secondary N) is 1. The maximum atomic E-state index is 5.73. The van der Waals surface area contributed by atoms with Crippen molar-refractivity contribution in [2.45, 2.75) is 32.9 Å². The van der Waals surface area contributed by atoms with Crippen molar-refractivity contribution in [3.8, 4) is 0 Å². The van der Waals surface area contributed by atoms with E-state index in [4.69, 9.17) is 5.73 Å². The van der Waals surface area contributed by atoms with E-state index in [0.29, 0.717) is 12.5 Å². The largest absolute Gasteiger partial charge is 0.370 e. The maximum Gasteiger partial charge on any atom is 0.189 e. The van der Waals surface area contributed by atoms with Crippen LogP contribution < -0.4 is 11.1 Å². The average molecular weight is 416 g/mol. The monoisotopic (exact) mass is 415 g/mol. The summed E-state index contributed by atoms with van der Waals surface area (Å²) in [6, 6.07) is 0. The number of hydrogen-bond acceptors (Lipinski definition) is 2. The van der Waals surface area contributed by atoms with E-state index in [1.165, 1.54) is 0 Å². The van der Waals surface area contributed by atoms with Crippen molar-refractivity contribution >= 4 is 45.9 Å². The van der Waals surface area contributed by atoms with Crippen LogP contribution in [0.1, 0.15) is 20.8 Å². The van der Waals surface area contributed by atoms with E-state index in [-0.39, 0.29) is 29.5 Å². The van der Waals surface area contributed by atoms with E-state index < -0.39 is 0 Å². The zero-order valence-electron chi connectivity index (χ0n) is 10.3. The van der Waals surface area contributed by atoms with Crippen molar-refractivity contribution in [2.75, 3.05) is 6.54 Å². The van der Waals surface area contributed by atoms with Crippen LogP contribution in [-0.4, -0.2) is 27.8 Å². The summed E-state index contributed by atoms with van der Waals surface area (Å²) in [5.74, 6) is 0.471. The van der Waals surface area contributed by atoms with Crippen LogP contribution in [0.2, 0.25) is 0 Å². The fraction of sp³-hybridized carbons (Fsp3) is 0.600. The van der Waals surface area contributed by atoms with Crippen LogP contribution in [0.4, 0.5) is 0 Å². The summed E-state index contributed by atoms with van der Waals surface area (Å²) < 4.78 is 2.79. The second-order valence-corrected chi connectivity index (χ2v) is 5.48. The van der Waals surface area contributed by atoms with Gasteiger partial charge in [0.1, 0.15) is 0 Å². The Balaban J connectivity index is 0.00000256. The van der Waals surface area contributed by atoms with E-state index in [1.54, 1.807) is 6.20 Å². The first kappa shape index (κ1) is 16.7. The van der Waals surface area contributed by atoms with Crippen molar-refractivity contribution < 1.29 is 0 Å². The summed E-state index contributed by atoms with van der Waals surface area (Å²) in [4.78, 5) is 4.22. The van der Waals surface area contributed by atoms with Gasteiger partial charge in [-0.05, 0) is 36.7 Å². The first-order valence-electron chi connectivity index (χ1n) is 5.13. The molecule has 1 aromatic rings. The Kier molecular flexibility index (Phi) is 7.07. The lowest BCUT2D eigenvalue weighted by Gasteiger charge is -2.20. The summed E-state index contributed by atoms with van der Waals surface area (Å²) >= 11 is 3.34. The van der Waals surface area contributed by atoms with Gasteiger partial charge in [0.05, 0.1) is 23.8 Å². The molecule has 0 aliphatic heterocycles. The quantitative estimate of drug-likeness (QED) is 0.450. The molecule has 0 aliphatic rings. The van der Waals surface area contributed by atoms with Crippen LogP contribution in [0.15, 0.2) is 21.9 Å². The minimum Gasteiger partial charge on any atom is -0.370 e. The Labute approximate surface area is 127 Å². The van der Waals surface area contributed by atoms with Crippen LogP contribution in [-0.2, 0) is 6.54 Å². The molecule has 1 heterocycles. The van der Waals surface area contributed by atoms with E-state index in [2.05, 4.69) is 31.3 Å². The number of aromatic nitrogens is 2. The smallest absolute Gasteiger partial charge is 0.189 e. The molecule has 0 aliphatic carbocycles. The molecular weight excluding hydrogens is 397 g/mol. The third-order valence-electron chi connectivity index (χ3n) is 1.72. The molecule has 0 saturated heterocycles. The van der Waals surface area contributed by atoms with E-state index >= 15 is 0 Å². The molecule has 0 aromatic carbocycles. The molecular formula is C10H19BrIN5. The number of nitrogens with zero attached hydrogens (tertiary/aromatic N) is 3. The van der Waals surface area contributed by atoms with Crippen molar-refractivity contribution in [2.24, 2.45) is 10.7 Å². The lowest BCUT2D eigenvalue weighted by molar-refractivity contribution is 0.507. The molecule has 98 valence electrons. The average Bonchev–Trinajstić information content (AvgIpc) is 2.48. The standard InChI is InChI=1S/C10H18BrN5.HI/c1-10(2,3)15-9(12)13-4-5-16-7-8(11)6-14-16;/h6-7H,4-5H2,1-3H3,(H3,12,13,15);1H. The van der Waals surface area contributed by atoms with Gasteiger partial charge in [-0.1, -0.05) is 0 Å². The Morgan fingerprint density at radius 2 is 2.24 bits per heavy atom. The van der Waals surface area contributed by atoms with Gasteiger partial charge in [-0.25, -0.2) is 0 Å². The second kappa shape index (κ2) is 7.20. The lowest BCUT2D eigenvalue weighted by Crippen LogP contribution is -2.45. The summed E-state index contributed by atoms with van der Waals surface area (Å²) in [6.45, 7) is 7.46. The van der Waals surface area contributed by atoms with Gasteiger partial charge in [-0.2, -0.15) is 5.10 Å². The highest BCUT2D eigenvalue weighted by molar-refractivity contribution is 14.0. The molecule has 0 spiro atoms. The predicted molar refractivity (Wildman–Crippen MR) is 84.7 cm³/mol. The summed E-state index contributed by atoms with van der Waals surface area (Å²) in [7, 11) is 0. The lowest BCUT2D eigenvalue weighted by atomic mass is 10.1. The zero-order chi connectivity index (χ0) is 12.2. The van der Waals surface area contributed by atoms with Gasteiger partial charge in [-0.3, -0.25) is 9.67 Å². The normalized spacial score (nSPS) is 12.1. The molecule has 1 rings (SSSR count). The van der Waals surface area contributed by atoms with Gasteiger partial charge in [0.2, 0.25) is 0 Å². The van der Waals surface area contributed by atoms with Gasteiger partial charge < -0.3 is 11.1 Å². The molecule has 17 heavy (non-hydrogen) atoms. The molecule has 0 atom stereocenters. The van der Waals surface area contributed by atoms with Gasteiger partial charge >= 0.3 is 0 Å². The number of halogens is 2. The highest BCUT2D eigenvalue weighted by Crippen LogP contribution is 2.05. The van der Waals surface area contributed by atoms with Gasteiger partial charge in [0.25, 0.3) is 0 Å².